The molecule has 0 fully saturated rings. The van der Waals surface area contributed by atoms with Crippen molar-refractivity contribution in [2.75, 3.05) is 6.61 Å². The van der Waals surface area contributed by atoms with Crippen LogP contribution >= 0.6 is 45.2 Å². The maximum Gasteiger partial charge on any atom is 0.363 e. The molecule has 5 nitrogen and oxygen atoms in total. The zero-order valence-corrected chi connectivity index (χ0v) is 16.3. The third kappa shape index (κ3) is 3.60. The zero-order valence-electron chi connectivity index (χ0n) is 12.0. The van der Waals surface area contributed by atoms with E-state index in [0.717, 1.165) is 18.5 Å². The molecule has 2 heterocycles. The molecule has 0 unspecified atom stereocenters. The normalized spacial score (nSPS) is 15.7. The van der Waals surface area contributed by atoms with Crippen LogP contribution in [0.15, 0.2) is 45.6 Å². The Hall–Kier alpha value is -1.36. The first-order valence-corrected chi connectivity index (χ1v) is 8.92. The minimum Gasteiger partial charge on any atom is -0.492 e. The van der Waals surface area contributed by atoms with E-state index in [1.165, 1.54) is 6.26 Å². The number of halogens is 2. The molecule has 0 N–H and O–H groups in total. The van der Waals surface area contributed by atoms with E-state index in [1.54, 1.807) is 18.2 Å². The molecule has 1 aliphatic heterocycles. The summed E-state index contributed by atoms with van der Waals surface area (Å²) in [5.41, 5.74) is 1.10. The topological polar surface area (TPSA) is 61.0 Å². The fraction of sp³-hybridized carbons (Fsp3) is 0.125. The van der Waals surface area contributed by atoms with Crippen molar-refractivity contribution in [2.24, 2.45) is 4.99 Å². The molecule has 0 aliphatic carbocycles. The van der Waals surface area contributed by atoms with E-state index in [4.69, 9.17) is 13.9 Å². The number of hydrogen-bond acceptors (Lipinski definition) is 5. The predicted octanol–water partition coefficient (Wildman–Crippen LogP) is 4.23. The van der Waals surface area contributed by atoms with Gasteiger partial charge in [-0.3, -0.25) is 0 Å². The SMILES string of the molecule is CCOc1c(I)cc(C=C2N=C(c3ccco3)OC2=O)cc1I. The Bertz CT molecular complexity index is 786. The molecule has 3 rings (SSSR count). The molecular weight excluding hydrogens is 524 g/mol. The Morgan fingerprint density at radius 3 is 2.65 bits per heavy atom. The molecule has 1 aromatic heterocycles. The predicted molar refractivity (Wildman–Crippen MR) is 102 cm³/mol. The van der Waals surface area contributed by atoms with E-state index in [9.17, 15) is 4.79 Å². The Morgan fingerprint density at radius 2 is 2.04 bits per heavy atom. The number of esters is 1. The number of ether oxygens (including phenoxy) is 2. The van der Waals surface area contributed by atoms with Crippen LogP contribution < -0.4 is 4.74 Å². The quantitative estimate of drug-likeness (QED) is 0.334. The lowest BCUT2D eigenvalue weighted by Crippen LogP contribution is -2.04. The number of rotatable bonds is 4. The minimum atomic E-state index is -0.490. The first kappa shape index (κ1) is 16.5. The van der Waals surface area contributed by atoms with Crippen molar-refractivity contribution in [3.8, 4) is 5.75 Å². The van der Waals surface area contributed by atoms with Crippen molar-refractivity contribution >= 4 is 63.1 Å². The van der Waals surface area contributed by atoms with Gasteiger partial charge in [0.25, 0.3) is 5.90 Å². The van der Waals surface area contributed by atoms with Gasteiger partial charge >= 0.3 is 5.97 Å². The highest BCUT2D eigenvalue weighted by atomic mass is 127. The molecule has 0 saturated heterocycles. The van der Waals surface area contributed by atoms with Gasteiger partial charge in [-0.25, -0.2) is 9.79 Å². The summed E-state index contributed by atoms with van der Waals surface area (Å²) < 4.78 is 17.9. The molecule has 23 heavy (non-hydrogen) atoms. The number of cyclic esters (lactones) is 1. The van der Waals surface area contributed by atoms with Gasteiger partial charge in [0.2, 0.25) is 0 Å². The molecule has 2 aromatic rings. The van der Waals surface area contributed by atoms with E-state index < -0.39 is 5.97 Å². The summed E-state index contributed by atoms with van der Waals surface area (Å²) in [4.78, 5) is 16.1. The highest BCUT2D eigenvalue weighted by Crippen LogP contribution is 2.30. The van der Waals surface area contributed by atoms with Gasteiger partial charge in [0, 0.05) is 0 Å². The van der Waals surface area contributed by atoms with Crippen molar-refractivity contribution in [2.45, 2.75) is 6.92 Å². The molecule has 1 aromatic carbocycles. The number of nitrogens with zero attached hydrogens (tertiary/aromatic N) is 1. The van der Waals surface area contributed by atoms with Gasteiger partial charge in [0.05, 0.1) is 20.0 Å². The van der Waals surface area contributed by atoms with Crippen LogP contribution in [0.5, 0.6) is 5.75 Å². The van der Waals surface area contributed by atoms with Gasteiger partial charge in [0.1, 0.15) is 5.75 Å². The highest BCUT2D eigenvalue weighted by molar-refractivity contribution is 14.1. The second-order valence-corrected chi connectivity index (χ2v) is 6.88. The fourth-order valence-corrected chi connectivity index (χ4v) is 4.15. The van der Waals surface area contributed by atoms with Crippen molar-refractivity contribution in [1.29, 1.82) is 0 Å². The number of benzene rings is 1. The monoisotopic (exact) mass is 535 g/mol. The van der Waals surface area contributed by atoms with Crippen LogP contribution in [0.25, 0.3) is 6.08 Å². The van der Waals surface area contributed by atoms with Crippen LogP contribution in [0.3, 0.4) is 0 Å². The van der Waals surface area contributed by atoms with Gasteiger partial charge in [0.15, 0.2) is 11.5 Å². The second-order valence-electron chi connectivity index (χ2n) is 4.56. The summed E-state index contributed by atoms with van der Waals surface area (Å²) in [6, 6.07) is 7.28. The molecule has 1 aliphatic rings. The molecule has 0 bridgehead atoms. The highest BCUT2D eigenvalue weighted by Gasteiger charge is 2.25. The number of furan rings is 1. The first-order chi connectivity index (χ1) is 11.1. The Balaban J connectivity index is 1.94. The van der Waals surface area contributed by atoms with Gasteiger partial charge < -0.3 is 13.9 Å². The fourth-order valence-electron chi connectivity index (χ4n) is 2.02. The zero-order chi connectivity index (χ0) is 16.4. The van der Waals surface area contributed by atoms with Crippen molar-refractivity contribution in [3.05, 3.63) is 54.7 Å². The number of aliphatic imine (C=N–C) groups is 1. The van der Waals surface area contributed by atoms with Crippen LogP contribution in [-0.2, 0) is 9.53 Å². The molecule has 118 valence electrons. The Morgan fingerprint density at radius 1 is 1.30 bits per heavy atom. The lowest BCUT2D eigenvalue weighted by Gasteiger charge is -2.09. The van der Waals surface area contributed by atoms with E-state index in [2.05, 4.69) is 50.2 Å². The molecule has 0 radical (unpaired) electrons. The van der Waals surface area contributed by atoms with Gasteiger partial charge in [-0.15, -0.1) is 0 Å². The number of hydrogen-bond donors (Lipinski definition) is 0. The Kier molecular flexibility index (Phi) is 5.05. The van der Waals surface area contributed by atoms with E-state index >= 15 is 0 Å². The first-order valence-electron chi connectivity index (χ1n) is 6.76. The molecule has 0 spiro atoms. The van der Waals surface area contributed by atoms with Gasteiger partial charge in [-0.05, 0) is 88.0 Å². The lowest BCUT2D eigenvalue weighted by molar-refractivity contribution is -0.130. The van der Waals surface area contributed by atoms with Crippen LogP contribution in [0.1, 0.15) is 18.2 Å². The molecule has 0 amide bonds. The average molecular weight is 535 g/mol. The molecule has 7 heteroatoms. The van der Waals surface area contributed by atoms with Crippen LogP contribution in [0, 0.1) is 7.14 Å². The summed E-state index contributed by atoms with van der Waals surface area (Å²) in [5.74, 6) is 0.971. The average Bonchev–Trinajstić information content (AvgIpc) is 3.13. The largest absolute Gasteiger partial charge is 0.492 e. The summed E-state index contributed by atoms with van der Waals surface area (Å²) in [6.07, 6.45) is 3.20. The number of carbonyl (C=O) groups is 1. The third-order valence-electron chi connectivity index (χ3n) is 2.97. The third-order valence-corrected chi connectivity index (χ3v) is 4.57. The van der Waals surface area contributed by atoms with E-state index in [1.807, 2.05) is 19.1 Å². The molecule has 0 saturated carbocycles. The van der Waals surface area contributed by atoms with Crippen molar-refractivity contribution < 1.29 is 18.7 Å². The second kappa shape index (κ2) is 7.04. The number of carbonyl (C=O) groups excluding carboxylic acids is 1. The Labute approximate surface area is 160 Å². The molecular formula is C16H11I2NO4. The summed E-state index contributed by atoms with van der Waals surface area (Å²) in [6.45, 7) is 2.55. The van der Waals surface area contributed by atoms with Crippen molar-refractivity contribution in [1.82, 2.24) is 0 Å². The summed E-state index contributed by atoms with van der Waals surface area (Å²) in [5, 5.41) is 0. The maximum atomic E-state index is 11.9. The van der Waals surface area contributed by atoms with Gasteiger partial charge in [-0.2, -0.15) is 0 Å². The smallest absolute Gasteiger partial charge is 0.363 e. The molecule has 0 atom stereocenters. The van der Waals surface area contributed by atoms with E-state index in [-0.39, 0.29) is 11.6 Å². The summed E-state index contributed by atoms with van der Waals surface area (Å²) in [7, 11) is 0. The van der Waals surface area contributed by atoms with Crippen LogP contribution in [0.2, 0.25) is 0 Å². The van der Waals surface area contributed by atoms with Crippen LogP contribution in [-0.4, -0.2) is 18.5 Å². The van der Waals surface area contributed by atoms with E-state index in [0.29, 0.717) is 12.4 Å². The standard InChI is InChI=1S/C16H11I2NO4/c1-2-21-14-10(17)6-9(7-11(14)18)8-12-16(20)23-15(19-12)13-4-3-5-22-13/h3-8H,2H2,1H3. The lowest BCUT2D eigenvalue weighted by atomic mass is 10.2. The van der Waals surface area contributed by atoms with Crippen LogP contribution in [0.4, 0.5) is 0 Å². The minimum absolute atomic E-state index is 0.182. The summed E-state index contributed by atoms with van der Waals surface area (Å²) >= 11 is 4.43. The van der Waals surface area contributed by atoms with Crippen molar-refractivity contribution in [3.63, 3.8) is 0 Å². The van der Waals surface area contributed by atoms with Gasteiger partial charge in [-0.1, -0.05) is 0 Å². The maximum absolute atomic E-state index is 11.9.